The molecular weight excluding hydrogens is 342 g/mol. The number of hydrogen-bond acceptors (Lipinski definition) is 4. The molecule has 1 aromatic carbocycles. The first kappa shape index (κ1) is 21.2. The molecule has 150 valence electrons. The number of anilines is 1. The van der Waals surface area contributed by atoms with Crippen LogP contribution < -0.4 is 11.1 Å². The lowest BCUT2D eigenvalue weighted by Gasteiger charge is -2.37. The highest BCUT2D eigenvalue weighted by molar-refractivity contribution is 5.84. The molecule has 6 heteroatoms. The van der Waals surface area contributed by atoms with Gasteiger partial charge in [0.1, 0.15) is 0 Å². The van der Waals surface area contributed by atoms with Crippen LogP contribution in [0.5, 0.6) is 0 Å². The van der Waals surface area contributed by atoms with Gasteiger partial charge in [-0.2, -0.15) is 0 Å². The third-order valence-corrected chi connectivity index (χ3v) is 4.90. The van der Waals surface area contributed by atoms with Crippen molar-refractivity contribution in [1.82, 2.24) is 4.90 Å². The molecule has 1 aliphatic rings. The molecule has 0 aliphatic heterocycles. The van der Waals surface area contributed by atoms with Gasteiger partial charge < -0.3 is 15.4 Å². The molecule has 0 aromatic heterocycles. The highest BCUT2D eigenvalue weighted by Crippen LogP contribution is 2.28. The van der Waals surface area contributed by atoms with Gasteiger partial charge in [-0.15, -0.1) is 0 Å². The van der Waals surface area contributed by atoms with Crippen LogP contribution in [0.25, 0.3) is 0 Å². The summed E-state index contributed by atoms with van der Waals surface area (Å²) < 4.78 is 4.65. The van der Waals surface area contributed by atoms with Crippen molar-refractivity contribution in [3.05, 3.63) is 29.8 Å². The maximum absolute atomic E-state index is 13.1. The molecular formula is C21H33N3O3. The minimum atomic E-state index is -0.505. The number of methoxy groups -OCH3 is 1. The number of ether oxygens (including phenoxy) is 1. The molecule has 1 aromatic rings. The Bertz CT molecular complexity index is 646. The van der Waals surface area contributed by atoms with Crippen LogP contribution >= 0.6 is 0 Å². The molecule has 27 heavy (non-hydrogen) atoms. The van der Waals surface area contributed by atoms with E-state index in [-0.39, 0.29) is 23.4 Å². The lowest BCUT2D eigenvalue weighted by atomic mass is 9.88. The van der Waals surface area contributed by atoms with E-state index in [0.717, 1.165) is 31.2 Å². The van der Waals surface area contributed by atoms with Crippen LogP contribution in [-0.4, -0.2) is 36.1 Å². The van der Waals surface area contributed by atoms with Crippen molar-refractivity contribution in [2.24, 2.45) is 11.1 Å². The van der Waals surface area contributed by atoms with Crippen molar-refractivity contribution in [2.75, 3.05) is 12.4 Å². The fraction of sp³-hybridized carbons (Fsp3) is 0.619. The van der Waals surface area contributed by atoms with Gasteiger partial charge in [0, 0.05) is 30.7 Å². The lowest BCUT2D eigenvalue weighted by molar-refractivity contribution is -0.137. The highest BCUT2D eigenvalue weighted by Gasteiger charge is 2.30. The Morgan fingerprint density at radius 3 is 2.48 bits per heavy atom. The van der Waals surface area contributed by atoms with Gasteiger partial charge in [0.25, 0.3) is 0 Å². The number of benzene rings is 1. The minimum absolute atomic E-state index is 0.0608. The SMILES string of the molecule is COC(=O)Nc1cccc(CN(C(=O)CC(C)(C)C)C2CCC(N)CC2)c1. The first-order valence-electron chi connectivity index (χ1n) is 9.67. The molecule has 0 radical (unpaired) electrons. The van der Waals surface area contributed by atoms with Crippen LogP contribution in [0.2, 0.25) is 0 Å². The van der Waals surface area contributed by atoms with E-state index in [1.54, 1.807) is 6.07 Å². The first-order valence-corrected chi connectivity index (χ1v) is 9.67. The predicted molar refractivity (Wildman–Crippen MR) is 107 cm³/mol. The summed E-state index contributed by atoms with van der Waals surface area (Å²) in [7, 11) is 1.33. The smallest absolute Gasteiger partial charge is 0.411 e. The third-order valence-electron chi connectivity index (χ3n) is 4.90. The number of nitrogens with zero attached hydrogens (tertiary/aromatic N) is 1. The molecule has 0 unspecified atom stereocenters. The molecule has 3 N–H and O–H groups in total. The van der Waals surface area contributed by atoms with E-state index >= 15 is 0 Å². The number of hydrogen-bond donors (Lipinski definition) is 2. The number of rotatable bonds is 5. The summed E-state index contributed by atoms with van der Waals surface area (Å²) in [6, 6.07) is 8.02. The van der Waals surface area contributed by atoms with Crippen molar-refractivity contribution < 1.29 is 14.3 Å². The van der Waals surface area contributed by atoms with Gasteiger partial charge in [-0.05, 0) is 48.8 Å². The Kier molecular flexibility index (Phi) is 7.25. The summed E-state index contributed by atoms with van der Waals surface area (Å²) >= 11 is 0. The summed E-state index contributed by atoms with van der Waals surface area (Å²) in [6.07, 6.45) is 3.79. The number of amides is 2. The second-order valence-corrected chi connectivity index (χ2v) is 8.64. The second-order valence-electron chi connectivity index (χ2n) is 8.64. The second kappa shape index (κ2) is 9.22. The Hall–Kier alpha value is -2.08. The minimum Gasteiger partial charge on any atom is -0.453 e. The van der Waals surface area contributed by atoms with E-state index in [1.165, 1.54) is 7.11 Å². The van der Waals surface area contributed by atoms with Crippen LogP contribution in [0.4, 0.5) is 10.5 Å². The summed E-state index contributed by atoms with van der Waals surface area (Å²) in [5.41, 5.74) is 7.64. The number of nitrogens with two attached hydrogens (primary N) is 1. The molecule has 0 spiro atoms. The summed E-state index contributed by atoms with van der Waals surface area (Å²) in [5.74, 6) is 0.175. The van der Waals surface area contributed by atoms with Crippen molar-refractivity contribution in [3.8, 4) is 0 Å². The fourth-order valence-electron chi connectivity index (χ4n) is 3.50. The zero-order valence-corrected chi connectivity index (χ0v) is 17.0. The Balaban J connectivity index is 2.17. The largest absolute Gasteiger partial charge is 0.453 e. The normalized spacial score (nSPS) is 20.0. The standard InChI is InChI=1S/C21H33N3O3/c1-21(2,3)13-19(25)24(18-10-8-16(22)9-11-18)14-15-6-5-7-17(12-15)23-20(26)27-4/h5-7,12,16,18H,8-11,13-14,22H2,1-4H3,(H,23,26). The van der Waals surface area contributed by atoms with Crippen molar-refractivity contribution in [1.29, 1.82) is 0 Å². The van der Waals surface area contributed by atoms with Crippen LogP contribution in [0.1, 0.15) is 58.4 Å². The zero-order chi connectivity index (χ0) is 20.0. The van der Waals surface area contributed by atoms with Gasteiger partial charge in [0.2, 0.25) is 5.91 Å². The molecule has 1 saturated carbocycles. The van der Waals surface area contributed by atoms with E-state index < -0.39 is 6.09 Å². The molecule has 1 aliphatic carbocycles. The van der Waals surface area contributed by atoms with E-state index in [4.69, 9.17) is 5.73 Å². The third kappa shape index (κ3) is 6.86. The van der Waals surface area contributed by atoms with Crippen LogP contribution in [0, 0.1) is 5.41 Å². The van der Waals surface area contributed by atoms with Crippen LogP contribution in [-0.2, 0) is 16.1 Å². The van der Waals surface area contributed by atoms with E-state index in [9.17, 15) is 9.59 Å². The van der Waals surface area contributed by atoms with Crippen molar-refractivity contribution in [3.63, 3.8) is 0 Å². The monoisotopic (exact) mass is 375 g/mol. The molecule has 0 bridgehead atoms. The topological polar surface area (TPSA) is 84.7 Å². The van der Waals surface area contributed by atoms with Gasteiger partial charge in [0.15, 0.2) is 0 Å². The van der Waals surface area contributed by atoms with E-state index in [2.05, 4.69) is 30.8 Å². The van der Waals surface area contributed by atoms with Gasteiger partial charge in [-0.1, -0.05) is 32.9 Å². The van der Waals surface area contributed by atoms with Gasteiger partial charge in [0.05, 0.1) is 7.11 Å². The predicted octanol–water partition coefficient (Wildman–Crippen LogP) is 3.90. The Morgan fingerprint density at radius 2 is 1.89 bits per heavy atom. The average molecular weight is 376 g/mol. The molecule has 1 fully saturated rings. The van der Waals surface area contributed by atoms with Gasteiger partial charge in [-0.25, -0.2) is 4.79 Å². The number of nitrogens with one attached hydrogen (secondary N) is 1. The van der Waals surface area contributed by atoms with Crippen molar-refractivity contribution in [2.45, 2.75) is 71.5 Å². The number of carbonyl (C=O) groups is 2. The van der Waals surface area contributed by atoms with Crippen molar-refractivity contribution >= 4 is 17.7 Å². The van der Waals surface area contributed by atoms with E-state index in [1.807, 2.05) is 23.1 Å². The van der Waals surface area contributed by atoms with Gasteiger partial charge >= 0.3 is 6.09 Å². The quantitative estimate of drug-likeness (QED) is 0.817. The fourth-order valence-corrected chi connectivity index (χ4v) is 3.50. The summed E-state index contributed by atoms with van der Waals surface area (Å²) in [4.78, 5) is 26.5. The molecule has 0 atom stereocenters. The molecule has 0 saturated heterocycles. The Labute approximate surface area is 162 Å². The summed E-state index contributed by atoms with van der Waals surface area (Å²) in [6.45, 7) is 6.79. The molecule has 2 amide bonds. The summed E-state index contributed by atoms with van der Waals surface area (Å²) in [5, 5.41) is 2.68. The first-order chi connectivity index (χ1) is 12.7. The molecule has 2 rings (SSSR count). The lowest BCUT2D eigenvalue weighted by Crippen LogP contribution is -2.44. The Morgan fingerprint density at radius 1 is 1.22 bits per heavy atom. The van der Waals surface area contributed by atoms with Gasteiger partial charge in [-0.3, -0.25) is 10.1 Å². The average Bonchev–Trinajstić information content (AvgIpc) is 2.59. The molecule has 0 heterocycles. The molecule has 6 nitrogen and oxygen atoms in total. The van der Waals surface area contributed by atoms with Crippen LogP contribution in [0.3, 0.4) is 0 Å². The zero-order valence-electron chi connectivity index (χ0n) is 17.0. The highest BCUT2D eigenvalue weighted by atomic mass is 16.5. The van der Waals surface area contributed by atoms with Crippen LogP contribution in [0.15, 0.2) is 24.3 Å². The number of carbonyl (C=O) groups excluding carboxylic acids is 2. The maximum atomic E-state index is 13.1. The maximum Gasteiger partial charge on any atom is 0.411 e. The van der Waals surface area contributed by atoms with E-state index in [0.29, 0.717) is 18.7 Å².